The predicted octanol–water partition coefficient (Wildman–Crippen LogP) is 2.78. The summed E-state index contributed by atoms with van der Waals surface area (Å²) in [5.41, 5.74) is -1.12. The first-order valence-electron chi connectivity index (χ1n) is 11.3. The molecule has 2 N–H and O–H groups in total. The molecule has 4 heterocycles. The molecule has 0 aliphatic carbocycles. The molecule has 2 fully saturated rings. The van der Waals surface area contributed by atoms with E-state index in [9.17, 15) is 26.7 Å². The Morgan fingerprint density at radius 3 is 2.57 bits per heavy atom. The number of fused-ring (bicyclic) bond motifs is 1. The van der Waals surface area contributed by atoms with Gasteiger partial charge in [0.05, 0.1) is 39.9 Å². The Bertz CT molecular complexity index is 1350. The van der Waals surface area contributed by atoms with E-state index in [0.29, 0.717) is 49.2 Å². The average molecular weight is 511 g/mol. The number of benzene rings is 1. The normalized spacial score (nSPS) is 20.1. The first kappa shape index (κ1) is 23.8. The molecule has 2 aliphatic rings. The first-order valence-corrected chi connectivity index (χ1v) is 13.2. The molecular weight excluding hydrogens is 485 g/mol. The van der Waals surface area contributed by atoms with Gasteiger partial charge in [0.2, 0.25) is 5.95 Å². The quantitative estimate of drug-likeness (QED) is 0.539. The van der Waals surface area contributed by atoms with Crippen LogP contribution in [-0.4, -0.2) is 69.5 Å². The van der Waals surface area contributed by atoms with E-state index in [4.69, 9.17) is 0 Å². The third-order valence-corrected chi connectivity index (χ3v) is 8.36. The second-order valence-corrected chi connectivity index (χ2v) is 11.5. The van der Waals surface area contributed by atoms with Gasteiger partial charge in [-0.25, -0.2) is 13.1 Å². The van der Waals surface area contributed by atoms with E-state index in [0.717, 1.165) is 12.1 Å². The van der Waals surface area contributed by atoms with Crippen molar-refractivity contribution in [3.8, 4) is 5.69 Å². The largest absolute Gasteiger partial charge is 0.416 e. The van der Waals surface area contributed by atoms with Gasteiger partial charge in [-0.3, -0.25) is 0 Å². The van der Waals surface area contributed by atoms with Crippen LogP contribution in [0.2, 0.25) is 0 Å². The predicted molar refractivity (Wildman–Crippen MR) is 124 cm³/mol. The molecule has 0 bridgehead atoms. The lowest BCUT2D eigenvalue weighted by Crippen LogP contribution is -2.62. The van der Waals surface area contributed by atoms with E-state index in [1.54, 1.807) is 0 Å². The van der Waals surface area contributed by atoms with Crippen LogP contribution >= 0.6 is 0 Å². The van der Waals surface area contributed by atoms with Crippen molar-refractivity contribution < 1.29 is 26.7 Å². The van der Waals surface area contributed by atoms with Crippen LogP contribution in [0.25, 0.3) is 16.7 Å². The van der Waals surface area contributed by atoms with Crippen molar-refractivity contribution in [3.05, 3.63) is 36.0 Å². The number of nitrogens with one attached hydrogen (secondary N) is 1. The van der Waals surface area contributed by atoms with Gasteiger partial charge in [-0.1, -0.05) is 13.0 Å². The molecule has 2 aromatic heterocycles. The third kappa shape index (κ3) is 4.66. The van der Waals surface area contributed by atoms with E-state index < -0.39 is 27.2 Å². The summed E-state index contributed by atoms with van der Waals surface area (Å²) in [6.45, 7) is 2.60. The smallest absolute Gasteiger partial charge is 0.386 e. The molecule has 2 saturated heterocycles. The molecule has 35 heavy (non-hydrogen) atoms. The minimum absolute atomic E-state index is 0.0671. The number of nitrogens with zero attached hydrogens (tertiary/aromatic N) is 5. The summed E-state index contributed by atoms with van der Waals surface area (Å²) in [5.74, 6) is 0.879. The van der Waals surface area contributed by atoms with Crippen molar-refractivity contribution in [3.63, 3.8) is 0 Å². The number of sulfone groups is 1. The maximum atomic E-state index is 13.3. The lowest BCUT2D eigenvalue weighted by molar-refractivity contribution is -0.137. The number of aromatic nitrogens is 4. The molecule has 1 aromatic carbocycles. The Hall–Kier alpha value is -2.93. The van der Waals surface area contributed by atoms with Crippen molar-refractivity contribution in [2.45, 2.75) is 44.0 Å². The van der Waals surface area contributed by atoms with Crippen LogP contribution in [0, 0.1) is 0 Å². The molecule has 2 aliphatic heterocycles. The van der Waals surface area contributed by atoms with Crippen molar-refractivity contribution in [2.24, 2.45) is 0 Å². The van der Waals surface area contributed by atoms with Crippen LogP contribution in [0.3, 0.4) is 0 Å². The van der Waals surface area contributed by atoms with E-state index in [1.165, 1.54) is 23.0 Å². The zero-order valence-electron chi connectivity index (χ0n) is 19.0. The Morgan fingerprint density at radius 2 is 1.91 bits per heavy atom. The molecule has 0 atom stereocenters. The van der Waals surface area contributed by atoms with Gasteiger partial charge in [0, 0.05) is 19.1 Å². The summed E-state index contributed by atoms with van der Waals surface area (Å²) in [6, 6.07) is 4.67. The van der Waals surface area contributed by atoms with Gasteiger partial charge in [-0.15, -0.1) is 0 Å². The lowest BCUT2D eigenvalue weighted by Gasteiger charge is -2.47. The van der Waals surface area contributed by atoms with Crippen LogP contribution in [0.5, 0.6) is 0 Å². The number of aliphatic hydroxyl groups is 1. The number of rotatable bonds is 5. The Balaban J connectivity index is 1.55. The number of hydrogen-bond donors (Lipinski definition) is 2. The van der Waals surface area contributed by atoms with Crippen molar-refractivity contribution >= 4 is 32.6 Å². The number of hydrogen-bond acceptors (Lipinski definition) is 8. The average Bonchev–Trinajstić information content (AvgIpc) is 3.21. The number of β-amino-alcohol motifs (C(OH)–C–C–N with tert-alkyl or cyclic N) is 1. The summed E-state index contributed by atoms with van der Waals surface area (Å²) in [4.78, 5) is 11.1. The lowest BCUT2D eigenvalue weighted by atomic mass is 9.91. The minimum atomic E-state index is -4.50. The van der Waals surface area contributed by atoms with Gasteiger partial charge in [0.1, 0.15) is 15.7 Å². The third-order valence-electron chi connectivity index (χ3n) is 6.64. The van der Waals surface area contributed by atoms with Crippen molar-refractivity contribution in [2.75, 3.05) is 34.8 Å². The highest BCUT2D eigenvalue weighted by Gasteiger charge is 2.41. The second kappa shape index (κ2) is 8.33. The SMILES string of the molecule is CCC1(O)CN(c2nc(NC3CCS(=O)(=O)CC3)nc3c2cnn3-c2cccc(C(F)(F)F)c2)C1. The van der Waals surface area contributed by atoms with E-state index in [2.05, 4.69) is 20.4 Å². The van der Waals surface area contributed by atoms with Crippen LogP contribution in [-0.2, 0) is 16.0 Å². The molecular formula is C22H25F3N6O3S. The highest BCUT2D eigenvalue weighted by atomic mass is 32.2. The minimum Gasteiger partial charge on any atom is -0.386 e. The molecule has 0 saturated carbocycles. The van der Waals surface area contributed by atoms with Crippen LogP contribution < -0.4 is 10.2 Å². The number of anilines is 2. The molecule has 0 radical (unpaired) electrons. The second-order valence-electron chi connectivity index (χ2n) is 9.22. The molecule has 188 valence electrons. The van der Waals surface area contributed by atoms with Gasteiger partial charge >= 0.3 is 6.18 Å². The summed E-state index contributed by atoms with van der Waals surface area (Å²) in [6.07, 6.45) is -1.61. The number of halogens is 3. The van der Waals surface area contributed by atoms with Crippen LogP contribution in [0.4, 0.5) is 24.9 Å². The fourth-order valence-electron chi connectivity index (χ4n) is 4.46. The first-order chi connectivity index (χ1) is 16.5. The fraction of sp³-hybridized carbons (Fsp3) is 0.500. The van der Waals surface area contributed by atoms with Gasteiger partial charge in [-0.2, -0.15) is 28.2 Å². The molecule has 13 heteroatoms. The summed E-state index contributed by atoms with van der Waals surface area (Å²) in [5, 5.41) is 18.5. The maximum Gasteiger partial charge on any atom is 0.416 e. The summed E-state index contributed by atoms with van der Waals surface area (Å²) < 4.78 is 64.8. The monoisotopic (exact) mass is 510 g/mol. The van der Waals surface area contributed by atoms with Gasteiger partial charge in [-0.05, 0) is 37.5 Å². The van der Waals surface area contributed by atoms with Gasteiger partial charge in [0.15, 0.2) is 5.65 Å². The van der Waals surface area contributed by atoms with E-state index >= 15 is 0 Å². The molecule has 9 nitrogen and oxygen atoms in total. The van der Waals surface area contributed by atoms with Crippen molar-refractivity contribution in [1.29, 1.82) is 0 Å². The fourth-order valence-corrected chi connectivity index (χ4v) is 5.95. The van der Waals surface area contributed by atoms with Crippen LogP contribution in [0.1, 0.15) is 31.7 Å². The summed E-state index contributed by atoms with van der Waals surface area (Å²) >= 11 is 0. The topological polar surface area (TPSA) is 113 Å². The zero-order chi connectivity index (χ0) is 25.0. The zero-order valence-corrected chi connectivity index (χ0v) is 19.8. The summed E-state index contributed by atoms with van der Waals surface area (Å²) in [7, 11) is -3.05. The molecule has 0 unspecified atom stereocenters. The Kier molecular flexibility index (Phi) is 5.66. The van der Waals surface area contributed by atoms with E-state index in [-0.39, 0.29) is 29.2 Å². The Labute approximate surface area is 199 Å². The molecule has 0 amide bonds. The van der Waals surface area contributed by atoms with Gasteiger partial charge < -0.3 is 15.3 Å². The highest BCUT2D eigenvalue weighted by molar-refractivity contribution is 7.91. The standard InChI is InChI=1S/C22H25F3N6O3S/c1-2-21(32)12-30(13-21)18-17-11-26-31(16-5-3-4-14(10-16)22(23,24)25)19(17)29-20(28-18)27-15-6-8-35(33,34)9-7-15/h3-5,10-11,15,32H,2,6-9,12-13H2,1H3,(H,27,28,29). The maximum absolute atomic E-state index is 13.3. The van der Waals surface area contributed by atoms with Gasteiger partial charge in [0.25, 0.3) is 0 Å². The Morgan fingerprint density at radius 1 is 1.20 bits per heavy atom. The van der Waals surface area contributed by atoms with E-state index in [1.807, 2.05) is 11.8 Å². The molecule has 0 spiro atoms. The van der Waals surface area contributed by atoms with Crippen LogP contribution in [0.15, 0.2) is 30.5 Å². The number of alkyl halides is 3. The highest BCUT2D eigenvalue weighted by Crippen LogP contribution is 2.35. The molecule has 3 aromatic rings. The van der Waals surface area contributed by atoms with Crippen molar-refractivity contribution in [1.82, 2.24) is 19.7 Å². The molecule has 5 rings (SSSR count).